The Morgan fingerprint density at radius 1 is 1.21 bits per heavy atom. The van der Waals surface area contributed by atoms with Crippen LogP contribution >= 0.6 is 11.8 Å². The highest BCUT2D eigenvalue weighted by Crippen LogP contribution is 2.28. The van der Waals surface area contributed by atoms with Crippen molar-refractivity contribution in [1.82, 2.24) is 25.1 Å². The summed E-state index contributed by atoms with van der Waals surface area (Å²) in [5.41, 5.74) is 0.807. The second-order valence-electron chi connectivity index (χ2n) is 6.78. The van der Waals surface area contributed by atoms with Crippen LogP contribution in [0.5, 0.6) is 5.75 Å². The maximum absolute atomic E-state index is 12.0. The van der Waals surface area contributed by atoms with Crippen molar-refractivity contribution in [3.05, 3.63) is 36.5 Å². The standard InChI is InChI=1S/C20H24N6O2S/c1-29-20-23-18(25-10-5-6-11-25)16-13-22-26(19(16)24-20)12-9-21-17(27)14-28-15-7-3-2-4-8-15/h2-4,7-8,13H,5-6,9-12,14H2,1H3,(H,21,27). The second kappa shape index (κ2) is 9.13. The zero-order chi connectivity index (χ0) is 20.1. The maximum Gasteiger partial charge on any atom is 0.258 e. The van der Waals surface area contributed by atoms with Gasteiger partial charge in [0.1, 0.15) is 11.6 Å². The lowest BCUT2D eigenvalue weighted by Crippen LogP contribution is -2.31. The molecule has 0 bridgehead atoms. The van der Waals surface area contributed by atoms with Gasteiger partial charge in [0.2, 0.25) is 0 Å². The van der Waals surface area contributed by atoms with Gasteiger partial charge < -0.3 is 15.0 Å². The van der Waals surface area contributed by atoms with Gasteiger partial charge in [-0.1, -0.05) is 30.0 Å². The first-order valence-corrected chi connectivity index (χ1v) is 10.9. The molecule has 0 radical (unpaired) electrons. The van der Waals surface area contributed by atoms with Gasteiger partial charge in [-0.25, -0.2) is 14.6 Å². The van der Waals surface area contributed by atoms with Crippen LogP contribution in [-0.4, -0.2) is 58.2 Å². The average molecular weight is 413 g/mol. The molecule has 0 spiro atoms. The monoisotopic (exact) mass is 412 g/mol. The first-order valence-electron chi connectivity index (χ1n) is 9.71. The van der Waals surface area contributed by atoms with Crippen LogP contribution in [0.15, 0.2) is 41.7 Å². The van der Waals surface area contributed by atoms with Crippen molar-refractivity contribution in [2.75, 3.05) is 37.4 Å². The number of aromatic nitrogens is 4. The summed E-state index contributed by atoms with van der Waals surface area (Å²) < 4.78 is 7.29. The molecule has 4 rings (SSSR count). The molecular weight excluding hydrogens is 388 g/mol. The molecule has 1 aromatic carbocycles. The Hall–Kier alpha value is -2.81. The smallest absolute Gasteiger partial charge is 0.258 e. The van der Waals surface area contributed by atoms with Crippen LogP contribution in [0, 0.1) is 0 Å². The fourth-order valence-corrected chi connectivity index (χ4v) is 3.72. The number of nitrogens with one attached hydrogen (secondary N) is 1. The number of anilines is 1. The molecule has 152 valence electrons. The van der Waals surface area contributed by atoms with Crippen LogP contribution in [0.2, 0.25) is 0 Å². The SMILES string of the molecule is CSc1nc(N2CCCC2)c2cnn(CCNC(=O)COc3ccccc3)c2n1. The Labute approximate surface area is 173 Å². The fourth-order valence-electron chi connectivity index (χ4n) is 3.36. The third-order valence-corrected chi connectivity index (χ3v) is 5.35. The van der Waals surface area contributed by atoms with E-state index in [1.54, 1.807) is 0 Å². The first kappa shape index (κ1) is 19.5. The summed E-state index contributed by atoms with van der Waals surface area (Å²) in [6.07, 6.45) is 6.17. The van der Waals surface area contributed by atoms with E-state index in [1.807, 2.05) is 47.5 Å². The Morgan fingerprint density at radius 3 is 2.76 bits per heavy atom. The largest absolute Gasteiger partial charge is 0.484 e. The second-order valence-corrected chi connectivity index (χ2v) is 7.56. The highest BCUT2D eigenvalue weighted by molar-refractivity contribution is 7.98. The molecule has 1 fully saturated rings. The van der Waals surface area contributed by atoms with Crippen LogP contribution in [0.4, 0.5) is 5.82 Å². The average Bonchev–Trinajstić information content (AvgIpc) is 3.43. The zero-order valence-corrected chi connectivity index (χ0v) is 17.2. The number of nitrogens with zero attached hydrogens (tertiary/aromatic N) is 5. The molecule has 1 amide bonds. The van der Waals surface area contributed by atoms with Crippen molar-refractivity contribution in [2.24, 2.45) is 0 Å². The van der Waals surface area contributed by atoms with Gasteiger partial charge in [-0.15, -0.1) is 0 Å². The van der Waals surface area contributed by atoms with Gasteiger partial charge in [0.15, 0.2) is 17.4 Å². The Kier molecular flexibility index (Phi) is 6.14. The van der Waals surface area contributed by atoms with Crippen molar-refractivity contribution in [3.63, 3.8) is 0 Å². The summed E-state index contributed by atoms with van der Waals surface area (Å²) in [6.45, 7) is 3.00. The molecule has 0 atom stereocenters. The summed E-state index contributed by atoms with van der Waals surface area (Å²) in [7, 11) is 0. The van der Waals surface area contributed by atoms with E-state index < -0.39 is 0 Å². The summed E-state index contributed by atoms with van der Waals surface area (Å²) >= 11 is 1.53. The minimum atomic E-state index is -0.164. The maximum atomic E-state index is 12.0. The molecule has 29 heavy (non-hydrogen) atoms. The number of carbonyl (C=O) groups is 1. The van der Waals surface area contributed by atoms with Crippen molar-refractivity contribution < 1.29 is 9.53 Å². The number of para-hydroxylation sites is 1. The van der Waals surface area contributed by atoms with Gasteiger partial charge in [-0.3, -0.25) is 4.79 Å². The summed E-state index contributed by atoms with van der Waals surface area (Å²) in [6, 6.07) is 9.30. The van der Waals surface area contributed by atoms with E-state index in [4.69, 9.17) is 9.72 Å². The molecule has 0 aliphatic carbocycles. The van der Waals surface area contributed by atoms with Crippen LogP contribution < -0.4 is 15.0 Å². The minimum absolute atomic E-state index is 0.0121. The summed E-state index contributed by atoms with van der Waals surface area (Å²) in [5.74, 6) is 1.47. The van der Waals surface area contributed by atoms with E-state index in [-0.39, 0.29) is 12.5 Å². The molecule has 0 saturated carbocycles. The van der Waals surface area contributed by atoms with Crippen molar-refractivity contribution in [3.8, 4) is 5.75 Å². The van der Waals surface area contributed by atoms with Gasteiger partial charge in [-0.2, -0.15) is 5.10 Å². The van der Waals surface area contributed by atoms with Gasteiger partial charge in [-0.05, 0) is 31.2 Å². The number of rotatable bonds is 8. The van der Waals surface area contributed by atoms with E-state index in [2.05, 4.69) is 20.3 Å². The van der Waals surface area contributed by atoms with Gasteiger partial charge in [0.25, 0.3) is 5.91 Å². The van der Waals surface area contributed by atoms with Crippen LogP contribution in [0.3, 0.4) is 0 Å². The molecule has 1 aliphatic heterocycles. The highest BCUT2D eigenvalue weighted by atomic mass is 32.2. The van der Waals surface area contributed by atoms with E-state index >= 15 is 0 Å². The minimum Gasteiger partial charge on any atom is -0.484 e. The number of amides is 1. The number of hydrogen-bond donors (Lipinski definition) is 1. The summed E-state index contributed by atoms with van der Waals surface area (Å²) in [4.78, 5) is 23.7. The Balaban J connectivity index is 1.39. The number of benzene rings is 1. The van der Waals surface area contributed by atoms with Gasteiger partial charge in [0.05, 0.1) is 18.1 Å². The van der Waals surface area contributed by atoms with Gasteiger partial charge >= 0.3 is 0 Å². The lowest BCUT2D eigenvalue weighted by Gasteiger charge is -2.17. The number of thioether (sulfide) groups is 1. The quantitative estimate of drug-likeness (QED) is 0.449. The van der Waals surface area contributed by atoms with Crippen molar-refractivity contribution in [2.45, 2.75) is 24.5 Å². The van der Waals surface area contributed by atoms with Crippen LogP contribution in [-0.2, 0) is 11.3 Å². The molecular formula is C20H24N6O2S. The predicted octanol–water partition coefficient (Wildman–Crippen LogP) is 2.34. The van der Waals surface area contributed by atoms with Crippen molar-refractivity contribution >= 4 is 34.5 Å². The molecule has 2 aromatic heterocycles. The highest BCUT2D eigenvalue weighted by Gasteiger charge is 2.20. The normalized spacial score (nSPS) is 13.8. The molecule has 1 aliphatic rings. The third kappa shape index (κ3) is 4.61. The Morgan fingerprint density at radius 2 is 2.00 bits per heavy atom. The van der Waals surface area contributed by atoms with Crippen LogP contribution in [0.1, 0.15) is 12.8 Å². The number of hydrogen-bond acceptors (Lipinski definition) is 7. The van der Waals surface area contributed by atoms with Crippen molar-refractivity contribution in [1.29, 1.82) is 0 Å². The van der Waals surface area contributed by atoms with E-state index in [9.17, 15) is 4.79 Å². The first-order chi connectivity index (χ1) is 14.2. The number of ether oxygens (including phenoxy) is 1. The van der Waals surface area contributed by atoms with E-state index in [0.717, 1.165) is 35.1 Å². The van der Waals surface area contributed by atoms with Gasteiger partial charge in [0, 0.05) is 19.6 Å². The summed E-state index contributed by atoms with van der Waals surface area (Å²) in [5, 5.41) is 9.06. The van der Waals surface area contributed by atoms with E-state index in [0.29, 0.717) is 18.8 Å². The fraction of sp³-hybridized carbons (Fsp3) is 0.400. The third-order valence-electron chi connectivity index (χ3n) is 4.80. The number of fused-ring (bicyclic) bond motifs is 1. The molecule has 0 unspecified atom stereocenters. The zero-order valence-electron chi connectivity index (χ0n) is 16.4. The number of carbonyl (C=O) groups excluding carboxylic acids is 1. The van der Waals surface area contributed by atoms with Crippen LogP contribution in [0.25, 0.3) is 11.0 Å². The molecule has 9 heteroatoms. The molecule has 8 nitrogen and oxygen atoms in total. The topological polar surface area (TPSA) is 85.2 Å². The lowest BCUT2D eigenvalue weighted by molar-refractivity contribution is -0.123. The molecule has 3 aromatic rings. The lowest BCUT2D eigenvalue weighted by atomic mass is 10.3. The molecule has 3 heterocycles. The molecule has 1 saturated heterocycles. The Bertz CT molecular complexity index is 972. The predicted molar refractivity (Wildman–Crippen MR) is 113 cm³/mol. The van der Waals surface area contributed by atoms with E-state index in [1.165, 1.54) is 24.6 Å². The molecule has 1 N–H and O–H groups in total.